The summed E-state index contributed by atoms with van der Waals surface area (Å²) in [5.74, 6) is -2.31. The maximum atomic E-state index is 14.0. The van der Waals surface area contributed by atoms with Gasteiger partial charge in [0.25, 0.3) is 5.91 Å². The van der Waals surface area contributed by atoms with Gasteiger partial charge in [0.1, 0.15) is 5.69 Å². The minimum absolute atomic E-state index is 0.205. The summed E-state index contributed by atoms with van der Waals surface area (Å²) < 4.78 is 40.7. The molecule has 35 heavy (non-hydrogen) atoms. The minimum atomic E-state index is -1.03. The van der Waals surface area contributed by atoms with Gasteiger partial charge in [-0.3, -0.25) is 4.79 Å². The van der Waals surface area contributed by atoms with E-state index in [1.807, 2.05) is 30.3 Å². The topological polar surface area (TPSA) is 84.2 Å². The number of amides is 2. The summed E-state index contributed by atoms with van der Waals surface area (Å²) in [6.45, 7) is 2.60. The summed E-state index contributed by atoms with van der Waals surface area (Å²) in [6, 6.07) is 13.4. The van der Waals surface area contributed by atoms with Crippen molar-refractivity contribution in [1.82, 2.24) is 14.4 Å². The van der Waals surface area contributed by atoms with Crippen LogP contribution >= 0.6 is 0 Å². The third-order valence-electron chi connectivity index (χ3n) is 5.94. The zero-order valence-corrected chi connectivity index (χ0v) is 19.2. The highest BCUT2D eigenvalue weighted by molar-refractivity contribution is 5.99. The van der Waals surface area contributed by atoms with Gasteiger partial charge in [-0.15, -0.1) is 0 Å². The van der Waals surface area contributed by atoms with Gasteiger partial charge in [-0.1, -0.05) is 30.3 Å². The summed E-state index contributed by atoms with van der Waals surface area (Å²) in [4.78, 5) is 27.2. The van der Waals surface area contributed by atoms with E-state index in [0.717, 1.165) is 17.7 Å². The molecule has 1 aliphatic rings. The van der Waals surface area contributed by atoms with Gasteiger partial charge in [-0.25, -0.2) is 13.6 Å². The van der Waals surface area contributed by atoms with Gasteiger partial charge in [-0.2, -0.15) is 0 Å². The zero-order valence-electron chi connectivity index (χ0n) is 19.2. The van der Waals surface area contributed by atoms with Crippen LogP contribution in [0.25, 0.3) is 10.9 Å². The molecule has 1 saturated heterocycles. The first kappa shape index (κ1) is 24.6. The van der Waals surface area contributed by atoms with Crippen molar-refractivity contribution in [3.05, 3.63) is 71.4 Å². The van der Waals surface area contributed by atoms with E-state index >= 15 is 0 Å². The van der Waals surface area contributed by atoms with Gasteiger partial charge in [0, 0.05) is 44.2 Å². The van der Waals surface area contributed by atoms with E-state index < -0.39 is 17.7 Å². The number of carboxylic acid groups (broad SMARTS) is 1. The molecule has 2 heterocycles. The van der Waals surface area contributed by atoms with Crippen LogP contribution in [0.4, 0.5) is 13.6 Å². The minimum Gasteiger partial charge on any atom is -0.465 e. The number of ether oxygens (including phenoxy) is 2. The first-order chi connectivity index (χ1) is 16.9. The van der Waals surface area contributed by atoms with Gasteiger partial charge in [0.15, 0.2) is 11.6 Å². The van der Waals surface area contributed by atoms with E-state index in [1.165, 1.54) is 11.0 Å². The Labute approximate surface area is 201 Å². The Morgan fingerprint density at radius 3 is 2.23 bits per heavy atom. The number of hydrogen-bond donors (Lipinski definition) is 1. The van der Waals surface area contributed by atoms with Crippen LogP contribution in [0.2, 0.25) is 0 Å². The average Bonchev–Trinajstić information content (AvgIpc) is 3.21. The van der Waals surface area contributed by atoms with Crippen LogP contribution < -0.4 is 0 Å². The van der Waals surface area contributed by atoms with E-state index in [-0.39, 0.29) is 50.9 Å². The molecule has 1 aliphatic heterocycles. The van der Waals surface area contributed by atoms with Crippen LogP contribution in [0.3, 0.4) is 0 Å². The van der Waals surface area contributed by atoms with Gasteiger partial charge < -0.3 is 28.9 Å². The quantitative estimate of drug-likeness (QED) is 0.467. The number of carbonyl (C=O) groups is 2. The van der Waals surface area contributed by atoms with Crippen molar-refractivity contribution in [2.75, 3.05) is 46.0 Å². The predicted molar refractivity (Wildman–Crippen MR) is 124 cm³/mol. The Morgan fingerprint density at radius 1 is 0.857 bits per heavy atom. The molecule has 0 unspecified atom stereocenters. The van der Waals surface area contributed by atoms with E-state index in [0.29, 0.717) is 30.7 Å². The fourth-order valence-electron chi connectivity index (χ4n) is 4.08. The number of benzene rings is 2. The number of aromatic nitrogens is 1. The summed E-state index contributed by atoms with van der Waals surface area (Å²) in [5, 5.41) is 9.53. The lowest BCUT2D eigenvalue weighted by molar-refractivity contribution is 0.0377. The van der Waals surface area contributed by atoms with E-state index in [1.54, 1.807) is 9.47 Å². The second-order valence-electron chi connectivity index (χ2n) is 8.22. The molecule has 1 N–H and O–H groups in total. The monoisotopic (exact) mass is 487 g/mol. The molecule has 186 valence electrons. The number of halogens is 2. The second kappa shape index (κ2) is 11.3. The van der Waals surface area contributed by atoms with Gasteiger partial charge in [0.2, 0.25) is 0 Å². The molecule has 3 aromatic rings. The van der Waals surface area contributed by atoms with Crippen molar-refractivity contribution in [3.63, 3.8) is 0 Å². The Bertz CT molecular complexity index is 1180. The highest BCUT2D eigenvalue weighted by Gasteiger charge is 2.27. The van der Waals surface area contributed by atoms with Crippen molar-refractivity contribution in [3.8, 4) is 0 Å². The van der Waals surface area contributed by atoms with E-state index in [9.17, 15) is 18.4 Å². The van der Waals surface area contributed by atoms with Crippen LogP contribution in [-0.2, 0) is 22.6 Å². The predicted octanol–water partition coefficient (Wildman–Crippen LogP) is 3.59. The second-order valence-corrected chi connectivity index (χ2v) is 8.22. The SMILES string of the molecule is O=C(O)N1CCN(C(=O)c2cc3cc(F)c(F)cc3n2CCOCCOCc2ccccc2)CC1. The summed E-state index contributed by atoms with van der Waals surface area (Å²) >= 11 is 0. The molecule has 0 aliphatic carbocycles. The Kier molecular flexibility index (Phi) is 7.94. The molecule has 0 spiro atoms. The van der Waals surface area contributed by atoms with Crippen LogP contribution in [0, 0.1) is 11.6 Å². The van der Waals surface area contributed by atoms with Gasteiger partial charge in [-0.05, 0) is 17.7 Å². The number of fused-ring (bicyclic) bond motifs is 1. The van der Waals surface area contributed by atoms with Gasteiger partial charge in [0.05, 0.1) is 31.9 Å². The molecule has 1 fully saturated rings. The molecular weight excluding hydrogens is 460 g/mol. The normalized spacial score (nSPS) is 14.0. The first-order valence-electron chi connectivity index (χ1n) is 11.4. The first-order valence-corrected chi connectivity index (χ1v) is 11.4. The Balaban J connectivity index is 1.39. The number of hydrogen-bond acceptors (Lipinski definition) is 4. The van der Waals surface area contributed by atoms with Crippen molar-refractivity contribution in [1.29, 1.82) is 0 Å². The lowest BCUT2D eigenvalue weighted by Gasteiger charge is -2.33. The standard InChI is InChI=1S/C25H27F2N3O5/c26-20-14-19-15-23(24(31)28-6-8-29(9-7-28)25(32)33)30(22(19)16-21(20)27)10-11-34-12-13-35-17-18-4-2-1-3-5-18/h1-5,14-16H,6-13,17H2,(H,32,33). The molecule has 1 aromatic heterocycles. The lowest BCUT2D eigenvalue weighted by atomic mass is 10.2. The molecule has 10 heteroatoms. The summed E-state index contributed by atoms with van der Waals surface area (Å²) in [5.41, 5.74) is 1.73. The molecule has 2 amide bonds. The van der Waals surface area contributed by atoms with Crippen LogP contribution in [-0.4, -0.2) is 77.5 Å². The van der Waals surface area contributed by atoms with Crippen molar-refractivity contribution >= 4 is 22.9 Å². The smallest absolute Gasteiger partial charge is 0.407 e. The summed E-state index contributed by atoms with van der Waals surface area (Å²) in [6.07, 6.45) is -1.03. The fourth-order valence-corrected chi connectivity index (χ4v) is 4.08. The highest BCUT2D eigenvalue weighted by Crippen LogP contribution is 2.24. The lowest BCUT2D eigenvalue weighted by Crippen LogP contribution is -2.50. The molecule has 2 aromatic carbocycles. The van der Waals surface area contributed by atoms with E-state index in [4.69, 9.17) is 14.6 Å². The Morgan fingerprint density at radius 2 is 1.51 bits per heavy atom. The largest absolute Gasteiger partial charge is 0.465 e. The number of nitrogens with zero attached hydrogens (tertiary/aromatic N) is 3. The third kappa shape index (κ3) is 5.95. The van der Waals surface area contributed by atoms with E-state index in [2.05, 4.69) is 0 Å². The molecular formula is C25H27F2N3O5. The molecule has 0 atom stereocenters. The number of carbonyl (C=O) groups excluding carboxylic acids is 1. The zero-order chi connectivity index (χ0) is 24.8. The van der Waals surface area contributed by atoms with Crippen molar-refractivity contribution in [2.24, 2.45) is 0 Å². The molecule has 0 radical (unpaired) electrons. The van der Waals surface area contributed by atoms with Crippen molar-refractivity contribution < 1.29 is 33.0 Å². The average molecular weight is 488 g/mol. The number of rotatable bonds is 9. The van der Waals surface area contributed by atoms with Crippen LogP contribution in [0.5, 0.6) is 0 Å². The van der Waals surface area contributed by atoms with Crippen LogP contribution in [0.1, 0.15) is 16.1 Å². The number of piperazine rings is 1. The molecule has 8 nitrogen and oxygen atoms in total. The summed E-state index contributed by atoms with van der Waals surface area (Å²) in [7, 11) is 0. The molecule has 0 bridgehead atoms. The fraction of sp³-hybridized carbons (Fsp3) is 0.360. The van der Waals surface area contributed by atoms with Crippen molar-refractivity contribution in [2.45, 2.75) is 13.2 Å². The van der Waals surface area contributed by atoms with Gasteiger partial charge >= 0.3 is 6.09 Å². The maximum absolute atomic E-state index is 14.0. The third-order valence-corrected chi connectivity index (χ3v) is 5.94. The molecule has 4 rings (SSSR count). The highest BCUT2D eigenvalue weighted by atomic mass is 19.2. The molecule has 0 saturated carbocycles. The Hall–Kier alpha value is -3.50. The maximum Gasteiger partial charge on any atom is 0.407 e. The van der Waals surface area contributed by atoms with Crippen LogP contribution in [0.15, 0.2) is 48.5 Å².